The first kappa shape index (κ1) is 16.0. The van der Waals surface area contributed by atoms with Gasteiger partial charge in [0.15, 0.2) is 0 Å². The van der Waals surface area contributed by atoms with Crippen LogP contribution in [-0.4, -0.2) is 42.4 Å². The molecule has 2 rings (SSSR count). The number of ether oxygens (including phenoxy) is 1. The Morgan fingerprint density at radius 3 is 2.90 bits per heavy atom. The fraction of sp³-hybridized carbons (Fsp3) is 0.529. The highest BCUT2D eigenvalue weighted by Gasteiger charge is 2.28. The average molecular weight is 291 g/mol. The van der Waals surface area contributed by atoms with Crippen molar-refractivity contribution in [2.75, 3.05) is 20.3 Å². The second-order valence-electron chi connectivity index (χ2n) is 5.43. The number of halogens is 1. The van der Waals surface area contributed by atoms with Crippen LogP contribution in [0.15, 0.2) is 18.2 Å². The molecule has 0 spiro atoms. The largest absolute Gasteiger partial charge is 0.395 e. The first-order chi connectivity index (χ1) is 10.1. The Morgan fingerprint density at radius 1 is 1.48 bits per heavy atom. The van der Waals surface area contributed by atoms with Crippen LogP contribution in [0.25, 0.3) is 0 Å². The molecule has 0 aliphatic carbocycles. The molecule has 1 aliphatic rings. The van der Waals surface area contributed by atoms with Crippen LogP contribution in [0, 0.1) is 17.7 Å². The van der Waals surface area contributed by atoms with Crippen LogP contribution in [0.4, 0.5) is 4.39 Å². The van der Waals surface area contributed by atoms with E-state index in [9.17, 15) is 4.39 Å². The monoisotopic (exact) mass is 291 g/mol. The topological polar surface area (TPSA) is 32.7 Å². The van der Waals surface area contributed by atoms with E-state index < -0.39 is 0 Å². The Hall–Kier alpha value is -1.41. The molecule has 2 unspecified atom stereocenters. The zero-order valence-corrected chi connectivity index (χ0v) is 12.6. The van der Waals surface area contributed by atoms with Crippen molar-refractivity contribution in [3.05, 3.63) is 35.1 Å². The number of rotatable bonds is 4. The lowest BCUT2D eigenvalue weighted by molar-refractivity contribution is 0.0811. The second kappa shape index (κ2) is 7.56. The van der Waals surface area contributed by atoms with Gasteiger partial charge in [-0.2, -0.15) is 0 Å². The molecule has 1 aliphatic heterocycles. The molecular formula is C17H22FNO2. The number of aliphatic hydroxyl groups is 1. The van der Waals surface area contributed by atoms with Crippen LogP contribution in [0.3, 0.4) is 0 Å². The fourth-order valence-corrected chi connectivity index (χ4v) is 2.66. The molecular weight excluding hydrogens is 269 g/mol. The van der Waals surface area contributed by atoms with Crippen molar-refractivity contribution in [2.45, 2.75) is 38.5 Å². The Morgan fingerprint density at radius 2 is 2.29 bits per heavy atom. The summed E-state index contributed by atoms with van der Waals surface area (Å²) in [7, 11) is 2.00. The molecule has 1 heterocycles. The van der Waals surface area contributed by atoms with E-state index in [0.717, 1.165) is 13.0 Å². The Kier molecular flexibility index (Phi) is 5.75. The minimum atomic E-state index is -0.232. The quantitative estimate of drug-likeness (QED) is 0.863. The van der Waals surface area contributed by atoms with E-state index >= 15 is 0 Å². The lowest BCUT2D eigenvalue weighted by Gasteiger charge is -2.26. The van der Waals surface area contributed by atoms with E-state index in [1.54, 1.807) is 6.07 Å². The summed E-state index contributed by atoms with van der Waals surface area (Å²) in [6, 6.07) is 5.41. The van der Waals surface area contributed by atoms with Crippen LogP contribution in [0.5, 0.6) is 0 Å². The molecule has 3 nitrogen and oxygen atoms in total. The standard InChI is InChI=1S/C17H22FNO2/c1-13-17(8-10-21-13)19(2)12-15-7-6-14(11-16(15)18)5-3-4-9-20/h6-7,11,13,17,20H,4,8-10,12H2,1-2H3. The summed E-state index contributed by atoms with van der Waals surface area (Å²) in [6.07, 6.45) is 1.59. The van der Waals surface area contributed by atoms with E-state index in [-0.39, 0.29) is 18.5 Å². The molecule has 2 atom stereocenters. The Bertz CT molecular complexity index is 535. The summed E-state index contributed by atoms with van der Waals surface area (Å²) in [5.41, 5.74) is 1.31. The Balaban J connectivity index is 2.02. The maximum Gasteiger partial charge on any atom is 0.128 e. The molecule has 0 radical (unpaired) electrons. The predicted octanol–water partition coefficient (Wildman–Crippen LogP) is 2.17. The third-order valence-corrected chi connectivity index (χ3v) is 3.84. The molecule has 114 valence electrons. The summed E-state index contributed by atoms with van der Waals surface area (Å²) < 4.78 is 19.7. The van der Waals surface area contributed by atoms with Gasteiger partial charge < -0.3 is 9.84 Å². The molecule has 21 heavy (non-hydrogen) atoms. The number of nitrogens with zero attached hydrogens (tertiary/aromatic N) is 1. The molecule has 1 fully saturated rings. The van der Waals surface area contributed by atoms with Crippen molar-refractivity contribution in [3.63, 3.8) is 0 Å². The average Bonchev–Trinajstić information content (AvgIpc) is 2.88. The molecule has 0 bridgehead atoms. The minimum absolute atomic E-state index is 0.0278. The summed E-state index contributed by atoms with van der Waals surface area (Å²) in [5, 5.41) is 8.68. The van der Waals surface area contributed by atoms with E-state index in [2.05, 4.69) is 23.7 Å². The smallest absolute Gasteiger partial charge is 0.128 e. The molecule has 1 saturated heterocycles. The zero-order valence-electron chi connectivity index (χ0n) is 12.6. The third kappa shape index (κ3) is 4.28. The van der Waals surface area contributed by atoms with E-state index in [1.165, 1.54) is 6.07 Å². The van der Waals surface area contributed by atoms with Gasteiger partial charge in [-0.1, -0.05) is 17.9 Å². The van der Waals surface area contributed by atoms with Gasteiger partial charge in [-0.3, -0.25) is 4.90 Å². The van der Waals surface area contributed by atoms with Crippen molar-refractivity contribution < 1.29 is 14.2 Å². The van der Waals surface area contributed by atoms with Gasteiger partial charge in [0, 0.05) is 36.7 Å². The van der Waals surface area contributed by atoms with Crippen LogP contribution >= 0.6 is 0 Å². The minimum Gasteiger partial charge on any atom is -0.395 e. The van der Waals surface area contributed by atoms with Gasteiger partial charge in [-0.15, -0.1) is 0 Å². The Labute approximate surface area is 125 Å². The van der Waals surface area contributed by atoms with Gasteiger partial charge in [0.05, 0.1) is 12.7 Å². The fourth-order valence-electron chi connectivity index (χ4n) is 2.66. The number of likely N-dealkylation sites (N-methyl/N-ethyl adjacent to an activating group) is 1. The van der Waals surface area contributed by atoms with E-state index in [0.29, 0.717) is 30.1 Å². The highest BCUT2D eigenvalue weighted by molar-refractivity contribution is 5.37. The normalized spacial score (nSPS) is 21.4. The van der Waals surface area contributed by atoms with Crippen molar-refractivity contribution in [1.29, 1.82) is 0 Å². The molecule has 0 amide bonds. The summed E-state index contributed by atoms with van der Waals surface area (Å²) in [6.45, 7) is 3.43. The van der Waals surface area contributed by atoms with Gasteiger partial charge in [-0.05, 0) is 32.5 Å². The lowest BCUT2D eigenvalue weighted by atomic mass is 10.1. The first-order valence-corrected chi connectivity index (χ1v) is 7.32. The molecule has 1 aromatic rings. The van der Waals surface area contributed by atoms with Crippen molar-refractivity contribution >= 4 is 0 Å². The predicted molar refractivity (Wildman–Crippen MR) is 80.3 cm³/mol. The van der Waals surface area contributed by atoms with Crippen molar-refractivity contribution in [3.8, 4) is 11.8 Å². The number of benzene rings is 1. The van der Waals surface area contributed by atoms with Gasteiger partial charge in [0.25, 0.3) is 0 Å². The van der Waals surface area contributed by atoms with Crippen LogP contribution in [0.2, 0.25) is 0 Å². The zero-order chi connectivity index (χ0) is 15.2. The maximum atomic E-state index is 14.1. The molecule has 1 N–H and O–H groups in total. The van der Waals surface area contributed by atoms with Gasteiger partial charge in [0.1, 0.15) is 5.82 Å². The number of aliphatic hydroxyl groups excluding tert-OH is 1. The van der Waals surface area contributed by atoms with E-state index in [4.69, 9.17) is 9.84 Å². The second-order valence-corrected chi connectivity index (χ2v) is 5.43. The lowest BCUT2D eigenvalue weighted by Crippen LogP contribution is -2.36. The SMILES string of the molecule is CC1OCCC1N(C)Cc1ccc(C#CCCO)cc1F. The highest BCUT2D eigenvalue weighted by atomic mass is 19.1. The van der Waals surface area contributed by atoms with Crippen LogP contribution in [-0.2, 0) is 11.3 Å². The van der Waals surface area contributed by atoms with Crippen LogP contribution in [0.1, 0.15) is 30.9 Å². The molecule has 4 heteroatoms. The van der Waals surface area contributed by atoms with Gasteiger partial charge >= 0.3 is 0 Å². The summed E-state index contributed by atoms with van der Waals surface area (Å²) >= 11 is 0. The maximum absolute atomic E-state index is 14.1. The third-order valence-electron chi connectivity index (χ3n) is 3.84. The van der Waals surface area contributed by atoms with Crippen molar-refractivity contribution in [2.24, 2.45) is 0 Å². The molecule has 1 aromatic carbocycles. The van der Waals surface area contributed by atoms with Crippen LogP contribution < -0.4 is 0 Å². The molecule has 0 saturated carbocycles. The van der Waals surface area contributed by atoms with E-state index in [1.807, 2.05) is 13.1 Å². The number of hydrogen-bond donors (Lipinski definition) is 1. The summed E-state index contributed by atoms with van der Waals surface area (Å²) in [5.74, 6) is 5.41. The van der Waals surface area contributed by atoms with Gasteiger partial charge in [0.2, 0.25) is 0 Å². The first-order valence-electron chi connectivity index (χ1n) is 7.32. The van der Waals surface area contributed by atoms with Gasteiger partial charge in [-0.25, -0.2) is 4.39 Å². The highest BCUT2D eigenvalue weighted by Crippen LogP contribution is 2.21. The van der Waals surface area contributed by atoms with Crippen molar-refractivity contribution in [1.82, 2.24) is 4.90 Å². The number of hydrogen-bond acceptors (Lipinski definition) is 3. The molecule has 0 aromatic heterocycles. The summed E-state index contributed by atoms with van der Waals surface area (Å²) in [4.78, 5) is 2.15.